The Balaban J connectivity index is 2.41. The van der Waals surface area contributed by atoms with Gasteiger partial charge in [-0.3, -0.25) is 18.9 Å². The van der Waals surface area contributed by atoms with Gasteiger partial charge in [0.1, 0.15) is 5.82 Å². The van der Waals surface area contributed by atoms with Crippen LogP contribution >= 0.6 is 0 Å². The molecule has 0 aliphatic carbocycles. The molecule has 0 saturated heterocycles. The molecule has 0 radical (unpaired) electrons. The van der Waals surface area contributed by atoms with Gasteiger partial charge in [0.05, 0.1) is 6.54 Å². The van der Waals surface area contributed by atoms with Crippen molar-refractivity contribution in [1.82, 2.24) is 19.1 Å². The minimum absolute atomic E-state index is 0.0474. The van der Waals surface area contributed by atoms with E-state index < -0.39 is 17.8 Å². The molecule has 0 fully saturated rings. The zero-order chi connectivity index (χ0) is 14.0. The predicted molar refractivity (Wildman–Crippen MR) is 63.3 cm³/mol. The molecule has 8 heteroatoms. The van der Waals surface area contributed by atoms with E-state index >= 15 is 0 Å². The predicted octanol–water partition coefficient (Wildman–Crippen LogP) is 0.739. The van der Waals surface area contributed by atoms with Crippen molar-refractivity contribution in [2.75, 3.05) is 0 Å². The van der Waals surface area contributed by atoms with E-state index in [-0.39, 0.29) is 12.4 Å². The molecule has 2 aromatic rings. The first-order valence-corrected chi connectivity index (χ1v) is 5.65. The molecule has 19 heavy (non-hydrogen) atoms. The summed E-state index contributed by atoms with van der Waals surface area (Å²) in [6, 6.07) is 0. The van der Waals surface area contributed by atoms with Crippen molar-refractivity contribution in [1.29, 1.82) is 0 Å². The summed E-state index contributed by atoms with van der Waals surface area (Å²) in [5.41, 5.74) is -0.693. The number of nitrogens with one attached hydrogen (secondary N) is 1. The van der Waals surface area contributed by atoms with Gasteiger partial charge in [0.25, 0.3) is 5.56 Å². The second kappa shape index (κ2) is 5.17. The Bertz CT molecular complexity index is 686. The smallest absolute Gasteiger partial charge is 0.293 e. The Hall–Kier alpha value is -2.25. The molecule has 2 heterocycles. The summed E-state index contributed by atoms with van der Waals surface area (Å²) in [7, 11) is 0. The molecule has 102 valence electrons. The highest BCUT2D eigenvalue weighted by Gasteiger charge is 2.13. The Labute approximate surface area is 106 Å². The molecule has 0 aliphatic heterocycles. The molecule has 0 aliphatic rings. The van der Waals surface area contributed by atoms with Gasteiger partial charge in [0, 0.05) is 24.2 Å². The zero-order valence-corrected chi connectivity index (χ0v) is 10.1. The summed E-state index contributed by atoms with van der Waals surface area (Å²) in [6.45, 7) is -1.08. The van der Waals surface area contributed by atoms with E-state index in [1.54, 1.807) is 6.92 Å². The lowest BCUT2D eigenvalue weighted by atomic mass is 10.2. The van der Waals surface area contributed by atoms with Gasteiger partial charge in [-0.1, -0.05) is 6.92 Å². The fraction of sp³-hybridized carbons (Fsp3) is 0.364. The number of H-pyrrole nitrogens is 1. The van der Waals surface area contributed by atoms with E-state index in [2.05, 4.69) is 9.97 Å². The van der Waals surface area contributed by atoms with Crippen molar-refractivity contribution in [2.24, 2.45) is 0 Å². The van der Waals surface area contributed by atoms with Crippen LogP contribution in [0.3, 0.4) is 0 Å². The molecular formula is C11H12F2N4O2. The molecule has 0 aromatic carbocycles. The van der Waals surface area contributed by atoms with Crippen molar-refractivity contribution in [3.63, 3.8) is 0 Å². The van der Waals surface area contributed by atoms with Gasteiger partial charge in [-0.05, 0) is 6.42 Å². The van der Waals surface area contributed by atoms with E-state index in [0.717, 1.165) is 10.8 Å². The van der Waals surface area contributed by atoms with Gasteiger partial charge in [0.2, 0.25) is 0 Å². The molecule has 0 amide bonds. The molecular weight excluding hydrogens is 258 g/mol. The number of aromatic amines is 1. The van der Waals surface area contributed by atoms with Gasteiger partial charge >= 0.3 is 12.2 Å². The highest BCUT2D eigenvalue weighted by atomic mass is 19.3. The third-order valence-electron chi connectivity index (χ3n) is 2.74. The van der Waals surface area contributed by atoms with Crippen LogP contribution in [0.15, 0.2) is 28.2 Å². The highest BCUT2D eigenvalue weighted by Crippen LogP contribution is 2.12. The van der Waals surface area contributed by atoms with Gasteiger partial charge < -0.3 is 0 Å². The third-order valence-corrected chi connectivity index (χ3v) is 2.74. The first-order valence-electron chi connectivity index (χ1n) is 5.65. The monoisotopic (exact) mass is 270 g/mol. The second-order valence-electron chi connectivity index (χ2n) is 3.92. The minimum Gasteiger partial charge on any atom is -0.293 e. The largest absolute Gasteiger partial charge is 0.328 e. The van der Waals surface area contributed by atoms with Crippen LogP contribution < -0.4 is 11.2 Å². The second-order valence-corrected chi connectivity index (χ2v) is 3.92. The lowest BCUT2D eigenvalue weighted by Gasteiger charge is -2.09. The number of rotatable bonds is 4. The molecule has 1 N–H and O–H groups in total. The van der Waals surface area contributed by atoms with Crippen LogP contribution in [0.2, 0.25) is 0 Å². The first-order chi connectivity index (χ1) is 9.02. The Kier molecular flexibility index (Phi) is 3.59. The fourth-order valence-electron chi connectivity index (χ4n) is 1.72. The number of aromatic nitrogens is 4. The molecule has 0 atom stereocenters. The SMILES string of the molecule is CCc1cn(Cc2nccn2C(F)F)c(=O)[nH]c1=O. The molecule has 6 nitrogen and oxygen atoms in total. The highest BCUT2D eigenvalue weighted by molar-refractivity contribution is 5.05. The quantitative estimate of drug-likeness (QED) is 0.890. The van der Waals surface area contributed by atoms with E-state index in [1.807, 2.05) is 0 Å². The molecule has 0 saturated carbocycles. The van der Waals surface area contributed by atoms with E-state index in [1.165, 1.54) is 12.4 Å². The minimum atomic E-state index is -2.72. The Morgan fingerprint density at radius 3 is 2.79 bits per heavy atom. The number of imidazole rings is 1. The van der Waals surface area contributed by atoms with E-state index in [0.29, 0.717) is 16.6 Å². The molecule has 2 rings (SSSR count). The average molecular weight is 270 g/mol. The molecule has 0 unspecified atom stereocenters. The standard InChI is InChI=1S/C11H12F2N4O2/c1-2-7-5-16(11(19)15-9(7)18)6-8-14-3-4-17(8)10(12)13/h3-5,10H,2,6H2,1H3,(H,15,18,19). The first kappa shape index (κ1) is 13.2. The van der Waals surface area contributed by atoms with Crippen LogP contribution in [0.4, 0.5) is 8.78 Å². The van der Waals surface area contributed by atoms with Crippen LogP contribution in [0.1, 0.15) is 24.9 Å². The number of aryl methyl sites for hydroxylation is 1. The maximum Gasteiger partial charge on any atom is 0.328 e. The van der Waals surface area contributed by atoms with Crippen molar-refractivity contribution in [3.8, 4) is 0 Å². The lowest BCUT2D eigenvalue weighted by molar-refractivity contribution is 0.0666. The van der Waals surface area contributed by atoms with Crippen molar-refractivity contribution in [2.45, 2.75) is 26.4 Å². The van der Waals surface area contributed by atoms with Crippen LogP contribution in [0.25, 0.3) is 0 Å². The summed E-state index contributed by atoms with van der Waals surface area (Å²) < 4.78 is 27.1. The third kappa shape index (κ3) is 2.61. The number of nitrogens with zero attached hydrogens (tertiary/aromatic N) is 3. The number of hydrogen-bond donors (Lipinski definition) is 1. The number of halogens is 2. The van der Waals surface area contributed by atoms with Gasteiger partial charge in [0.15, 0.2) is 0 Å². The zero-order valence-electron chi connectivity index (χ0n) is 10.1. The summed E-state index contributed by atoms with van der Waals surface area (Å²) in [5, 5.41) is 0. The van der Waals surface area contributed by atoms with Crippen molar-refractivity contribution >= 4 is 0 Å². The Morgan fingerprint density at radius 2 is 2.16 bits per heavy atom. The van der Waals surface area contributed by atoms with Crippen LogP contribution in [-0.4, -0.2) is 19.1 Å². The van der Waals surface area contributed by atoms with Gasteiger partial charge in [-0.15, -0.1) is 0 Å². The van der Waals surface area contributed by atoms with Crippen molar-refractivity contribution in [3.05, 3.63) is 50.8 Å². The van der Waals surface area contributed by atoms with Crippen LogP contribution in [0.5, 0.6) is 0 Å². The van der Waals surface area contributed by atoms with Crippen LogP contribution in [-0.2, 0) is 13.0 Å². The fourth-order valence-corrected chi connectivity index (χ4v) is 1.72. The molecule has 2 aromatic heterocycles. The van der Waals surface area contributed by atoms with Crippen LogP contribution in [0, 0.1) is 0 Å². The lowest BCUT2D eigenvalue weighted by Crippen LogP contribution is -2.32. The van der Waals surface area contributed by atoms with E-state index in [4.69, 9.17) is 0 Å². The summed E-state index contributed by atoms with van der Waals surface area (Å²) in [6.07, 6.45) is 4.18. The number of alkyl halides is 2. The van der Waals surface area contributed by atoms with Gasteiger partial charge in [-0.25, -0.2) is 9.78 Å². The topological polar surface area (TPSA) is 72.7 Å². The van der Waals surface area contributed by atoms with E-state index in [9.17, 15) is 18.4 Å². The summed E-state index contributed by atoms with van der Waals surface area (Å²) in [5.74, 6) is 0.0474. The van der Waals surface area contributed by atoms with Crippen molar-refractivity contribution < 1.29 is 8.78 Å². The maximum absolute atomic E-state index is 12.7. The average Bonchev–Trinajstić information content (AvgIpc) is 2.81. The van der Waals surface area contributed by atoms with Gasteiger partial charge in [-0.2, -0.15) is 8.78 Å². The molecule has 0 spiro atoms. The Morgan fingerprint density at radius 1 is 1.42 bits per heavy atom. The maximum atomic E-state index is 12.7. The summed E-state index contributed by atoms with van der Waals surface area (Å²) >= 11 is 0. The number of hydrogen-bond acceptors (Lipinski definition) is 3. The summed E-state index contributed by atoms with van der Waals surface area (Å²) in [4.78, 5) is 28.9. The normalized spacial score (nSPS) is 11.2. The molecule has 0 bridgehead atoms.